The van der Waals surface area contributed by atoms with Crippen molar-refractivity contribution in [2.45, 2.75) is 11.8 Å². The van der Waals surface area contributed by atoms with Crippen molar-refractivity contribution < 1.29 is 14.7 Å². The normalized spacial score (nSPS) is 9.17. The fraction of sp³-hybridized carbons (Fsp3) is 0.143. The van der Waals surface area contributed by atoms with Crippen LogP contribution in [0.4, 0.5) is 0 Å². The second-order valence-corrected chi connectivity index (χ2v) is 3.16. The SMILES string of the molecule is Cc1cccc(S)c1.OP(O)O. The first kappa shape index (κ1) is 11.9. The molecule has 5 heteroatoms. The third-order valence-electron chi connectivity index (χ3n) is 1.00. The molecule has 3 nitrogen and oxygen atoms in total. The molecule has 3 N–H and O–H groups in total. The van der Waals surface area contributed by atoms with Gasteiger partial charge in [0.15, 0.2) is 0 Å². The van der Waals surface area contributed by atoms with Crippen LogP contribution >= 0.6 is 21.2 Å². The number of benzene rings is 1. The Kier molecular flexibility index (Phi) is 6.34. The monoisotopic (exact) mass is 206 g/mol. The zero-order chi connectivity index (χ0) is 9.56. The molecule has 0 radical (unpaired) electrons. The number of aryl methyl sites for hydroxylation is 1. The molecule has 0 amide bonds. The quantitative estimate of drug-likeness (QED) is 0.384. The van der Waals surface area contributed by atoms with Gasteiger partial charge in [0, 0.05) is 4.90 Å². The first-order chi connectivity index (χ1) is 5.52. The number of rotatable bonds is 0. The Labute approximate surface area is 78.1 Å². The molecule has 0 saturated heterocycles. The molecule has 1 aromatic rings. The smallest absolute Gasteiger partial charge is 0.324 e. The first-order valence-corrected chi connectivity index (χ1v) is 4.79. The molecule has 0 unspecified atom stereocenters. The highest BCUT2D eigenvalue weighted by molar-refractivity contribution is 7.80. The first-order valence-electron chi connectivity index (χ1n) is 3.14. The van der Waals surface area contributed by atoms with E-state index in [1.807, 2.05) is 18.2 Å². The molecule has 0 bridgehead atoms. The van der Waals surface area contributed by atoms with E-state index in [-0.39, 0.29) is 0 Å². The van der Waals surface area contributed by atoms with Gasteiger partial charge >= 0.3 is 8.60 Å². The lowest BCUT2D eigenvalue weighted by molar-refractivity contribution is 0.368. The molecule has 0 heterocycles. The van der Waals surface area contributed by atoms with Gasteiger partial charge < -0.3 is 14.7 Å². The van der Waals surface area contributed by atoms with Gasteiger partial charge in [-0.25, -0.2) is 0 Å². The largest absolute Gasteiger partial charge is 0.328 e. The van der Waals surface area contributed by atoms with Crippen LogP contribution in [0.3, 0.4) is 0 Å². The number of hydrogen-bond donors (Lipinski definition) is 4. The van der Waals surface area contributed by atoms with E-state index in [1.54, 1.807) is 0 Å². The van der Waals surface area contributed by atoms with E-state index in [0.717, 1.165) is 4.90 Å². The van der Waals surface area contributed by atoms with Gasteiger partial charge in [0.05, 0.1) is 0 Å². The van der Waals surface area contributed by atoms with Gasteiger partial charge in [-0.2, -0.15) is 0 Å². The Hall–Kier alpha value is -0.120. The molecule has 0 spiro atoms. The topological polar surface area (TPSA) is 60.7 Å². The lowest BCUT2D eigenvalue weighted by Crippen LogP contribution is -1.67. The molecule has 0 aliphatic carbocycles. The van der Waals surface area contributed by atoms with Gasteiger partial charge in [-0.3, -0.25) is 0 Å². The van der Waals surface area contributed by atoms with Crippen molar-refractivity contribution in [2.24, 2.45) is 0 Å². The van der Waals surface area contributed by atoms with Crippen LogP contribution in [0, 0.1) is 6.92 Å². The summed E-state index contributed by atoms with van der Waals surface area (Å²) in [4.78, 5) is 22.7. The summed E-state index contributed by atoms with van der Waals surface area (Å²) in [5.41, 5.74) is 1.26. The summed E-state index contributed by atoms with van der Waals surface area (Å²) in [6.07, 6.45) is 0. The Morgan fingerprint density at radius 3 is 2.00 bits per heavy atom. The van der Waals surface area contributed by atoms with Crippen LogP contribution in [0.2, 0.25) is 0 Å². The minimum atomic E-state index is -2.62. The molecule has 0 fully saturated rings. The fourth-order valence-corrected chi connectivity index (χ4v) is 0.918. The highest BCUT2D eigenvalue weighted by Crippen LogP contribution is 2.11. The molecule has 68 valence electrons. The van der Waals surface area contributed by atoms with Gasteiger partial charge in [-0.15, -0.1) is 12.6 Å². The third kappa shape index (κ3) is 7.98. The summed E-state index contributed by atoms with van der Waals surface area (Å²) in [5, 5.41) is 0. The van der Waals surface area contributed by atoms with Crippen LogP contribution < -0.4 is 0 Å². The standard InChI is InChI=1S/C7H8S.H3O3P/c1-6-3-2-4-7(8)5-6;1-4(2)3/h2-5,8H,1H3;1-3H. The van der Waals surface area contributed by atoms with Crippen LogP contribution in [0.5, 0.6) is 0 Å². The van der Waals surface area contributed by atoms with Gasteiger partial charge in [0.25, 0.3) is 0 Å². The summed E-state index contributed by atoms with van der Waals surface area (Å²) in [5.74, 6) is 0. The number of thiol groups is 1. The Morgan fingerprint density at radius 1 is 1.25 bits per heavy atom. The predicted molar refractivity (Wildman–Crippen MR) is 52.0 cm³/mol. The minimum absolute atomic E-state index is 1.03. The van der Waals surface area contributed by atoms with E-state index < -0.39 is 8.60 Å². The van der Waals surface area contributed by atoms with Gasteiger partial charge in [0.1, 0.15) is 0 Å². The van der Waals surface area contributed by atoms with Crippen molar-refractivity contribution in [3.63, 3.8) is 0 Å². The third-order valence-corrected chi connectivity index (χ3v) is 1.28. The molecular weight excluding hydrogens is 195 g/mol. The van der Waals surface area contributed by atoms with E-state index in [0.29, 0.717) is 0 Å². The lowest BCUT2D eigenvalue weighted by Gasteiger charge is -1.89. The van der Waals surface area contributed by atoms with Crippen molar-refractivity contribution in [1.29, 1.82) is 0 Å². The van der Waals surface area contributed by atoms with Crippen molar-refractivity contribution in [3.8, 4) is 0 Å². The summed E-state index contributed by atoms with van der Waals surface area (Å²) >= 11 is 4.15. The van der Waals surface area contributed by atoms with E-state index in [1.165, 1.54) is 5.56 Å². The molecule has 0 aliphatic heterocycles. The Morgan fingerprint density at radius 2 is 1.75 bits per heavy atom. The van der Waals surface area contributed by atoms with Gasteiger partial charge in [-0.05, 0) is 19.1 Å². The highest BCUT2D eigenvalue weighted by atomic mass is 32.1. The van der Waals surface area contributed by atoms with E-state index in [4.69, 9.17) is 14.7 Å². The zero-order valence-corrected chi connectivity index (χ0v) is 8.33. The summed E-state index contributed by atoms with van der Waals surface area (Å²) in [7, 11) is -2.62. The molecule has 1 aromatic carbocycles. The van der Waals surface area contributed by atoms with Crippen molar-refractivity contribution in [3.05, 3.63) is 29.8 Å². The van der Waals surface area contributed by atoms with E-state index >= 15 is 0 Å². The van der Waals surface area contributed by atoms with E-state index in [9.17, 15) is 0 Å². The molecule has 0 atom stereocenters. The zero-order valence-electron chi connectivity index (χ0n) is 6.55. The maximum Gasteiger partial charge on any atom is 0.324 e. The summed E-state index contributed by atoms with van der Waals surface area (Å²) in [6.45, 7) is 2.06. The maximum absolute atomic E-state index is 7.23. The summed E-state index contributed by atoms with van der Waals surface area (Å²) < 4.78 is 0. The van der Waals surface area contributed by atoms with Crippen LogP contribution in [0.1, 0.15) is 5.56 Å². The fourth-order valence-electron chi connectivity index (χ4n) is 0.628. The van der Waals surface area contributed by atoms with Crippen LogP contribution in [-0.2, 0) is 0 Å². The second kappa shape index (κ2) is 6.40. The molecule has 0 saturated carbocycles. The molecule has 1 rings (SSSR count). The van der Waals surface area contributed by atoms with Crippen molar-refractivity contribution >= 4 is 21.2 Å². The van der Waals surface area contributed by atoms with Crippen molar-refractivity contribution in [2.75, 3.05) is 0 Å². The van der Waals surface area contributed by atoms with E-state index in [2.05, 4.69) is 25.6 Å². The summed E-state index contributed by atoms with van der Waals surface area (Å²) in [6, 6.07) is 8.05. The van der Waals surface area contributed by atoms with Crippen LogP contribution in [0.25, 0.3) is 0 Å². The number of hydrogen-bond acceptors (Lipinski definition) is 4. The molecule has 12 heavy (non-hydrogen) atoms. The van der Waals surface area contributed by atoms with Crippen molar-refractivity contribution in [1.82, 2.24) is 0 Å². The Balaban J connectivity index is 0.000000261. The Bertz CT molecular complexity index is 210. The van der Waals surface area contributed by atoms with Crippen LogP contribution in [-0.4, -0.2) is 14.7 Å². The second-order valence-electron chi connectivity index (χ2n) is 2.11. The predicted octanol–water partition coefficient (Wildman–Crippen LogP) is 1.47. The molecule has 0 aliphatic rings. The van der Waals surface area contributed by atoms with Gasteiger partial charge in [0.2, 0.25) is 0 Å². The average Bonchev–Trinajstić information content (AvgIpc) is 1.84. The maximum atomic E-state index is 7.23. The van der Waals surface area contributed by atoms with Gasteiger partial charge in [-0.1, -0.05) is 17.7 Å². The highest BCUT2D eigenvalue weighted by Gasteiger charge is 1.81. The lowest BCUT2D eigenvalue weighted by atomic mass is 10.2. The average molecular weight is 206 g/mol. The molecule has 0 aromatic heterocycles. The van der Waals surface area contributed by atoms with Crippen LogP contribution in [0.15, 0.2) is 29.2 Å². The minimum Gasteiger partial charge on any atom is -0.328 e. The molecular formula is C7H11O3PS.